The number of nitriles is 1. The molecule has 0 aliphatic heterocycles. The molecule has 0 aliphatic carbocycles. The van der Waals surface area contributed by atoms with Crippen molar-refractivity contribution in [1.29, 1.82) is 5.26 Å². The number of pyridine rings is 2. The number of nitrogens with zero attached hydrogens (tertiary/aromatic N) is 4. The summed E-state index contributed by atoms with van der Waals surface area (Å²) < 4.78 is 4.04. The average Bonchev–Trinajstić information content (AvgIpc) is 3.10. The van der Waals surface area contributed by atoms with Gasteiger partial charge in [0.2, 0.25) is 0 Å². The Morgan fingerprint density at radius 2 is 1.87 bits per heavy atom. The van der Waals surface area contributed by atoms with E-state index < -0.39 is 0 Å². The number of aromatic nitrogens is 4. The van der Waals surface area contributed by atoms with Crippen molar-refractivity contribution in [3.8, 4) is 11.9 Å². The Morgan fingerprint density at radius 1 is 1.10 bits per heavy atom. The molecule has 0 aliphatic rings. The molecule has 6 nitrogen and oxygen atoms in total. The summed E-state index contributed by atoms with van der Waals surface area (Å²) in [6.45, 7) is 0.547. The predicted octanol–water partition coefficient (Wildman–Crippen LogP) is 4.26. The van der Waals surface area contributed by atoms with Crippen LogP contribution in [0.3, 0.4) is 0 Å². The number of hydrogen-bond donors (Lipinski definition) is 1. The van der Waals surface area contributed by atoms with Crippen LogP contribution >= 0.6 is 23.8 Å². The molecular weight excluding hydrogens is 418 g/mol. The second kappa shape index (κ2) is 8.49. The van der Waals surface area contributed by atoms with Gasteiger partial charge >= 0.3 is 0 Å². The fourth-order valence-electron chi connectivity index (χ4n) is 3.13. The molecule has 3 heterocycles. The van der Waals surface area contributed by atoms with Gasteiger partial charge in [0.05, 0.1) is 23.2 Å². The van der Waals surface area contributed by atoms with E-state index in [2.05, 4.69) is 16.0 Å². The molecule has 1 N–H and O–H groups in total. The quantitative estimate of drug-likeness (QED) is 0.477. The average molecular weight is 434 g/mol. The van der Waals surface area contributed by atoms with Gasteiger partial charge in [-0.15, -0.1) is 0 Å². The first-order valence-corrected chi connectivity index (χ1v) is 9.92. The van der Waals surface area contributed by atoms with Crippen LogP contribution in [0, 0.1) is 16.1 Å². The van der Waals surface area contributed by atoms with Crippen LogP contribution in [0.4, 0.5) is 0 Å². The normalized spacial score (nSPS) is 10.7. The highest BCUT2D eigenvalue weighted by atomic mass is 35.5. The number of nitrogens with one attached hydrogen (secondary N) is 1. The Bertz CT molecular complexity index is 1340. The molecule has 0 amide bonds. The summed E-state index contributed by atoms with van der Waals surface area (Å²) in [5.41, 5.74) is 3.50. The zero-order valence-electron chi connectivity index (χ0n) is 15.7. The summed E-state index contributed by atoms with van der Waals surface area (Å²) in [7, 11) is 0. The Kier molecular flexibility index (Phi) is 5.61. The topological polar surface area (TPSA) is 79.4 Å². The Morgan fingerprint density at radius 3 is 2.57 bits per heavy atom. The van der Waals surface area contributed by atoms with E-state index in [1.54, 1.807) is 36.7 Å². The number of H-pyrrole nitrogens is 1. The van der Waals surface area contributed by atoms with E-state index >= 15 is 0 Å². The first-order chi connectivity index (χ1) is 14.5. The van der Waals surface area contributed by atoms with Crippen LogP contribution in [-0.4, -0.2) is 19.1 Å². The SMILES string of the molecule is N#Cc1ccc(Cc2c[nH]c(=S)n2Cc2ccc(-n3cc(Cl)ccc3=O)nc2)cc1. The second-order valence-electron chi connectivity index (χ2n) is 6.74. The molecule has 0 saturated carbocycles. The molecule has 0 bridgehead atoms. The van der Waals surface area contributed by atoms with Gasteiger partial charge in [0.1, 0.15) is 5.82 Å². The molecule has 30 heavy (non-hydrogen) atoms. The summed E-state index contributed by atoms with van der Waals surface area (Å²) in [4.78, 5) is 19.5. The number of benzene rings is 1. The molecule has 0 spiro atoms. The maximum atomic E-state index is 12.0. The lowest BCUT2D eigenvalue weighted by Crippen LogP contribution is -2.17. The van der Waals surface area contributed by atoms with Gasteiger partial charge in [-0.05, 0) is 47.6 Å². The van der Waals surface area contributed by atoms with Gasteiger partial charge < -0.3 is 9.55 Å². The molecule has 0 atom stereocenters. The molecule has 3 aromatic heterocycles. The zero-order chi connectivity index (χ0) is 21.1. The van der Waals surface area contributed by atoms with Crippen molar-refractivity contribution in [2.75, 3.05) is 0 Å². The summed E-state index contributed by atoms with van der Waals surface area (Å²) >= 11 is 11.4. The van der Waals surface area contributed by atoms with Crippen molar-refractivity contribution in [2.24, 2.45) is 0 Å². The second-order valence-corrected chi connectivity index (χ2v) is 7.56. The number of hydrogen-bond acceptors (Lipinski definition) is 4. The van der Waals surface area contributed by atoms with Crippen LogP contribution in [0.25, 0.3) is 5.82 Å². The molecule has 1 aromatic carbocycles. The first kappa shape index (κ1) is 19.8. The predicted molar refractivity (Wildman–Crippen MR) is 118 cm³/mol. The van der Waals surface area contributed by atoms with Gasteiger partial charge in [0.25, 0.3) is 5.56 Å². The van der Waals surface area contributed by atoms with Gasteiger partial charge in [-0.3, -0.25) is 9.36 Å². The molecule has 4 rings (SSSR count). The minimum absolute atomic E-state index is 0.197. The third-order valence-electron chi connectivity index (χ3n) is 4.69. The zero-order valence-corrected chi connectivity index (χ0v) is 17.3. The summed E-state index contributed by atoms with van der Waals surface area (Å²) in [6.07, 6.45) is 5.85. The van der Waals surface area contributed by atoms with E-state index in [9.17, 15) is 4.79 Å². The molecule has 4 aromatic rings. The molecule has 0 radical (unpaired) electrons. The van der Waals surface area contributed by atoms with Crippen molar-refractivity contribution in [2.45, 2.75) is 13.0 Å². The molecule has 148 valence electrons. The highest BCUT2D eigenvalue weighted by molar-refractivity contribution is 7.71. The Labute approximate surface area is 182 Å². The van der Waals surface area contributed by atoms with Crippen LogP contribution in [-0.2, 0) is 13.0 Å². The molecule has 0 fully saturated rings. The minimum atomic E-state index is -0.197. The van der Waals surface area contributed by atoms with Crippen LogP contribution in [0.1, 0.15) is 22.4 Å². The largest absolute Gasteiger partial charge is 0.337 e. The Hall–Kier alpha value is -3.47. The van der Waals surface area contributed by atoms with E-state index in [1.807, 2.05) is 29.0 Å². The fourth-order valence-corrected chi connectivity index (χ4v) is 3.53. The molecule has 0 unspecified atom stereocenters. The highest BCUT2D eigenvalue weighted by Crippen LogP contribution is 2.14. The van der Waals surface area contributed by atoms with Gasteiger partial charge in [-0.25, -0.2) is 4.98 Å². The van der Waals surface area contributed by atoms with Gasteiger partial charge in [0, 0.05) is 36.8 Å². The number of rotatable bonds is 5. The van der Waals surface area contributed by atoms with Gasteiger partial charge in [0.15, 0.2) is 4.77 Å². The lowest BCUT2D eigenvalue weighted by Gasteiger charge is -2.10. The van der Waals surface area contributed by atoms with Crippen molar-refractivity contribution >= 4 is 23.8 Å². The lowest BCUT2D eigenvalue weighted by atomic mass is 10.1. The lowest BCUT2D eigenvalue weighted by molar-refractivity contribution is 0.738. The molecule has 8 heteroatoms. The molecule has 0 saturated heterocycles. The van der Waals surface area contributed by atoms with Crippen LogP contribution in [0.15, 0.2) is 71.9 Å². The maximum absolute atomic E-state index is 12.0. The number of halogens is 1. The van der Waals surface area contributed by atoms with Gasteiger partial charge in [-0.1, -0.05) is 29.8 Å². The number of aromatic amines is 1. The molecular formula is C22H16ClN5OS. The summed E-state index contributed by atoms with van der Waals surface area (Å²) in [5.74, 6) is 0.502. The monoisotopic (exact) mass is 433 g/mol. The van der Waals surface area contributed by atoms with Gasteiger partial charge in [-0.2, -0.15) is 5.26 Å². The van der Waals surface area contributed by atoms with E-state index in [4.69, 9.17) is 29.1 Å². The van der Waals surface area contributed by atoms with Crippen molar-refractivity contribution in [3.05, 3.63) is 110 Å². The minimum Gasteiger partial charge on any atom is -0.337 e. The van der Waals surface area contributed by atoms with Crippen LogP contribution < -0.4 is 5.56 Å². The third-order valence-corrected chi connectivity index (χ3v) is 5.26. The van der Waals surface area contributed by atoms with E-state index in [0.717, 1.165) is 16.8 Å². The van der Waals surface area contributed by atoms with E-state index in [1.165, 1.54) is 10.6 Å². The van der Waals surface area contributed by atoms with Crippen molar-refractivity contribution < 1.29 is 0 Å². The Balaban J connectivity index is 1.57. The standard InChI is InChI=1S/C22H16ClN5OS/c23-18-6-8-21(29)28(14-18)20-7-5-17(11-25-20)13-27-19(12-26-22(27)30)9-15-1-3-16(10-24)4-2-15/h1-8,11-12,14H,9,13H2,(H,26,30). The van der Waals surface area contributed by atoms with Crippen LogP contribution in [0.2, 0.25) is 5.02 Å². The van der Waals surface area contributed by atoms with E-state index in [-0.39, 0.29) is 5.56 Å². The van der Waals surface area contributed by atoms with Crippen molar-refractivity contribution in [3.63, 3.8) is 0 Å². The summed E-state index contributed by atoms with van der Waals surface area (Å²) in [5, 5.41) is 9.41. The first-order valence-electron chi connectivity index (χ1n) is 9.13. The number of imidazole rings is 1. The smallest absolute Gasteiger partial charge is 0.256 e. The van der Waals surface area contributed by atoms with Crippen LogP contribution in [0.5, 0.6) is 0 Å². The third kappa shape index (κ3) is 4.25. The fraction of sp³-hybridized carbons (Fsp3) is 0.0909. The maximum Gasteiger partial charge on any atom is 0.256 e. The summed E-state index contributed by atoms with van der Waals surface area (Å²) in [6, 6.07) is 16.3. The highest BCUT2D eigenvalue weighted by Gasteiger charge is 2.08. The van der Waals surface area contributed by atoms with Crippen molar-refractivity contribution in [1.82, 2.24) is 19.1 Å². The van der Waals surface area contributed by atoms with E-state index in [0.29, 0.717) is 34.1 Å².